The van der Waals surface area contributed by atoms with Gasteiger partial charge in [0.2, 0.25) is 0 Å². The van der Waals surface area contributed by atoms with Crippen LogP contribution in [0.15, 0.2) is 70.7 Å². The predicted molar refractivity (Wildman–Crippen MR) is 145 cm³/mol. The molecule has 3 aromatic rings. The highest BCUT2D eigenvalue weighted by atomic mass is 79.9. The SMILES string of the molecule is COc1ccccc1OCCOc1c(Br)cc(/C=C2/C(=O)NC(=O)N(c3ccc(C)cc3)C2=O)cc1OC. The lowest BCUT2D eigenvalue weighted by molar-refractivity contribution is -0.122. The number of aryl methyl sites for hydroxylation is 1. The van der Waals surface area contributed by atoms with E-state index in [4.69, 9.17) is 18.9 Å². The number of hydrogen-bond donors (Lipinski definition) is 1. The highest BCUT2D eigenvalue weighted by Crippen LogP contribution is 2.37. The summed E-state index contributed by atoms with van der Waals surface area (Å²) in [6, 6.07) is 16.6. The largest absolute Gasteiger partial charge is 0.493 e. The van der Waals surface area contributed by atoms with Crippen molar-refractivity contribution in [3.05, 3.63) is 81.8 Å². The van der Waals surface area contributed by atoms with E-state index in [0.717, 1.165) is 10.5 Å². The number of carbonyl (C=O) groups is 3. The summed E-state index contributed by atoms with van der Waals surface area (Å²) in [4.78, 5) is 39.1. The van der Waals surface area contributed by atoms with Gasteiger partial charge in [0, 0.05) is 0 Å². The molecule has 0 radical (unpaired) electrons. The van der Waals surface area contributed by atoms with Crippen molar-refractivity contribution in [1.82, 2.24) is 5.32 Å². The van der Waals surface area contributed by atoms with Gasteiger partial charge in [0.1, 0.15) is 18.8 Å². The van der Waals surface area contributed by atoms with Crippen LogP contribution in [-0.2, 0) is 9.59 Å². The van der Waals surface area contributed by atoms with Crippen molar-refractivity contribution in [2.45, 2.75) is 6.92 Å². The molecule has 1 saturated heterocycles. The number of urea groups is 1. The van der Waals surface area contributed by atoms with Gasteiger partial charge in [0.05, 0.1) is 24.4 Å². The quantitative estimate of drug-likeness (QED) is 0.218. The van der Waals surface area contributed by atoms with Crippen molar-refractivity contribution in [3.63, 3.8) is 0 Å². The molecule has 0 saturated carbocycles. The highest BCUT2D eigenvalue weighted by molar-refractivity contribution is 9.10. The normalized spacial score (nSPS) is 14.4. The molecule has 1 N–H and O–H groups in total. The van der Waals surface area contributed by atoms with Crippen LogP contribution in [0.5, 0.6) is 23.0 Å². The average molecular weight is 581 g/mol. The standard InChI is InChI=1S/C28H25BrN2O7/c1-17-8-10-19(11-9-17)31-27(33)20(26(32)30-28(31)34)14-18-15-21(29)25(24(16-18)36-3)38-13-12-37-23-7-5-4-6-22(23)35-2/h4-11,14-16H,12-13H2,1-3H3,(H,30,32,34)/b20-14-. The number of methoxy groups -OCH3 is 2. The lowest BCUT2D eigenvalue weighted by atomic mass is 10.1. The van der Waals surface area contributed by atoms with E-state index in [0.29, 0.717) is 38.7 Å². The second kappa shape index (κ2) is 11.8. The minimum absolute atomic E-state index is 0.196. The van der Waals surface area contributed by atoms with Gasteiger partial charge in [0.25, 0.3) is 11.8 Å². The summed E-state index contributed by atoms with van der Waals surface area (Å²) in [6.45, 7) is 2.35. The lowest BCUT2D eigenvalue weighted by Gasteiger charge is -2.26. The Bertz CT molecular complexity index is 1400. The van der Waals surface area contributed by atoms with Crippen LogP contribution in [0.2, 0.25) is 0 Å². The molecular weight excluding hydrogens is 556 g/mol. The number of hydrogen-bond acceptors (Lipinski definition) is 7. The van der Waals surface area contributed by atoms with E-state index >= 15 is 0 Å². The van der Waals surface area contributed by atoms with E-state index in [1.807, 2.05) is 19.1 Å². The third-order valence-corrected chi connectivity index (χ3v) is 6.20. The molecule has 1 aliphatic heterocycles. The maximum absolute atomic E-state index is 13.2. The molecule has 196 valence electrons. The molecule has 3 aromatic carbocycles. The average Bonchev–Trinajstić information content (AvgIpc) is 2.90. The molecule has 38 heavy (non-hydrogen) atoms. The first kappa shape index (κ1) is 26.7. The predicted octanol–water partition coefficient (Wildman–Crippen LogP) is 4.90. The minimum Gasteiger partial charge on any atom is -0.493 e. The molecule has 10 heteroatoms. The van der Waals surface area contributed by atoms with Crippen LogP contribution in [0.1, 0.15) is 11.1 Å². The summed E-state index contributed by atoms with van der Waals surface area (Å²) in [5.41, 5.74) is 1.62. The Kier molecular flexibility index (Phi) is 8.32. The van der Waals surface area contributed by atoms with Crippen LogP contribution in [0, 0.1) is 6.92 Å². The van der Waals surface area contributed by atoms with Gasteiger partial charge in [0.15, 0.2) is 23.0 Å². The zero-order valence-corrected chi connectivity index (χ0v) is 22.5. The number of barbiturate groups is 1. The number of amides is 4. The summed E-state index contributed by atoms with van der Waals surface area (Å²) < 4.78 is 22.9. The Morgan fingerprint density at radius 3 is 2.21 bits per heavy atom. The van der Waals surface area contributed by atoms with E-state index in [1.54, 1.807) is 55.6 Å². The van der Waals surface area contributed by atoms with Crippen molar-refractivity contribution in [1.29, 1.82) is 0 Å². The Morgan fingerprint density at radius 2 is 1.53 bits per heavy atom. The fourth-order valence-electron chi connectivity index (χ4n) is 3.75. The summed E-state index contributed by atoms with van der Waals surface area (Å²) in [5, 5.41) is 2.22. The van der Waals surface area contributed by atoms with Crippen LogP contribution in [0.25, 0.3) is 6.08 Å². The third-order valence-electron chi connectivity index (χ3n) is 5.61. The van der Waals surface area contributed by atoms with Crippen molar-refractivity contribution < 1.29 is 33.3 Å². The second-order valence-corrected chi connectivity index (χ2v) is 9.03. The van der Waals surface area contributed by atoms with Crippen molar-refractivity contribution in [2.24, 2.45) is 0 Å². The first-order chi connectivity index (χ1) is 18.3. The molecule has 4 amide bonds. The van der Waals surface area contributed by atoms with Crippen LogP contribution < -0.4 is 29.2 Å². The number of nitrogens with zero attached hydrogens (tertiary/aromatic N) is 1. The summed E-state index contributed by atoms with van der Waals surface area (Å²) in [5.74, 6) is 0.499. The van der Waals surface area contributed by atoms with Crippen LogP contribution in [0.4, 0.5) is 10.5 Å². The molecule has 1 heterocycles. The van der Waals surface area contributed by atoms with Crippen LogP contribution in [-0.4, -0.2) is 45.3 Å². The van der Waals surface area contributed by atoms with Gasteiger partial charge in [-0.2, -0.15) is 0 Å². The molecule has 4 rings (SSSR count). The summed E-state index contributed by atoms with van der Waals surface area (Å²) in [6.07, 6.45) is 1.40. The highest BCUT2D eigenvalue weighted by Gasteiger charge is 2.36. The molecule has 0 bridgehead atoms. The topological polar surface area (TPSA) is 103 Å². The lowest BCUT2D eigenvalue weighted by Crippen LogP contribution is -2.54. The molecule has 1 fully saturated rings. The van der Waals surface area contributed by atoms with E-state index in [-0.39, 0.29) is 18.8 Å². The van der Waals surface area contributed by atoms with Gasteiger partial charge in [-0.15, -0.1) is 0 Å². The van der Waals surface area contributed by atoms with Crippen LogP contribution in [0.3, 0.4) is 0 Å². The van der Waals surface area contributed by atoms with Gasteiger partial charge >= 0.3 is 6.03 Å². The molecular formula is C28H25BrN2O7. The van der Waals surface area contributed by atoms with Gasteiger partial charge in [-0.05, 0) is 70.9 Å². The fourth-order valence-corrected chi connectivity index (χ4v) is 4.32. The first-order valence-electron chi connectivity index (χ1n) is 11.6. The first-order valence-corrected chi connectivity index (χ1v) is 12.4. The van der Waals surface area contributed by atoms with Gasteiger partial charge in [-0.25, -0.2) is 9.69 Å². The number of benzene rings is 3. The zero-order chi connectivity index (χ0) is 27.2. The van der Waals surface area contributed by atoms with Gasteiger partial charge < -0.3 is 18.9 Å². The number of ether oxygens (including phenoxy) is 4. The Morgan fingerprint density at radius 1 is 0.868 bits per heavy atom. The fraction of sp³-hybridized carbons (Fsp3) is 0.179. The molecule has 0 unspecified atom stereocenters. The molecule has 0 spiro atoms. The monoisotopic (exact) mass is 580 g/mol. The summed E-state index contributed by atoms with van der Waals surface area (Å²) >= 11 is 3.47. The molecule has 9 nitrogen and oxygen atoms in total. The molecule has 0 atom stereocenters. The van der Waals surface area contributed by atoms with Gasteiger partial charge in [-0.3, -0.25) is 14.9 Å². The van der Waals surface area contributed by atoms with E-state index in [9.17, 15) is 14.4 Å². The summed E-state index contributed by atoms with van der Waals surface area (Å²) in [7, 11) is 3.05. The van der Waals surface area contributed by atoms with E-state index < -0.39 is 17.8 Å². The minimum atomic E-state index is -0.807. The van der Waals surface area contributed by atoms with Crippen molar-refractivity contribution in [2.75, 3.05) is 32.3 Å². The number of anilines is 1. The van der Waals surface area contributed by atoms with Crippen molar-refractivity contribution in [3.8, 4) is 23.0 Å². The Balaban J connectivity index is 1.52. The number of rotatable bonds is 9. The van der Waals surface area contributed by atoms with E-state index in [2.05, 4.69) is 21.2 Å². The van der Waals surface area contributed by atoms with Crippen molar-refractivity contribution >= 4 is 45.5 Å². The third kappa shape index (κ3) is 5.81. The Labute approximate surface area is 228 Å². The second-order valence-electron chi connectivity index (χ2n) is 8.18. The number of nitrogens with one attached hydrogen (secondary N) is 1. The maximum atomic E-state index is 13.2. The molecule has 0 aliphatic carbocycles. The number of para-hydroxylation sites is 2. The molecule has 0 aromatic heterocycles. The number of imide groups is 2. The van der Waals surface area contributed by atoms with Gasteiger partial charge in [-0.1, -0.05) is 29.8 Å². The zero-order valence-electron chi connectivity index (χ0n) is 20.9. The van der Waals surface area contributed by atoms with Crippen LogP contribution >= 0.6 is 15.9 Å². The smallest absolute Gasteiger partial charge is 0.335 e. The number of carbonyl (C=O) groups excluding carboxylic acids is 3. The number of halogens is 1. The molecule has 1 aliphatic rings. The van der Waals surface area contributed by atoms with E-state index in [1.165, 1.54) is 13.2 Å². The Hall–Kier alpha value is -4.31. The maximum Gasteiger partial charge on any atom is 0.335 e.